The third-order valence-corrected chi connectivity index (χ3v) is 3.90. The molecule has 0 aliphatic heterocycles. The Hall–Kier alpha value is -0.780. The second kappa shape index (κ2) is 5.25. The molecular weight excluding hydrogens is 303 g/mol. The Bertz CT molecular complexity index is 527. The van der Waals surface area contributed by atoms with Gasteiger partial charge in [0.2, 0.25) is 0 Å². The summed E-state index contributed by atoms with van der Waals surface area (Å²) in [5.41, 5.74) is 7.51. The van der Waals surface area contributed by atoms with E-state index >= 15 is 0 Å². The number of aryl methyl sites for hydroxylation is 1. The van der Waals surface area contributed by atoms with Gasteiger partial charge < -0.3 is 5.73 Å². The summed E-state index contributed by atoms with van der Waals surface area (Å²) in [4.78, 5) is 4.33. The van der Waals surface area contributed by atoms with Crippen LogP contribution in [0.2, 0.25) is 0 Å². The molecule has 1 unspecified atom stereocenters. The molecule has 0 fully saturated rings. The van der Waals surface area contributed by atoms with Gasteiger partial charge in [0.1, 0.15) is 5.82 Å². The van der Waals surface area contributed by atoms with Crippen molar-refractivity contribution in [2.75, 3.05) is 0 Å². The number of nitrogens with zero attached hydrogens (tertiary/aromatic N) is 1. The van der Waals surface area contributed by atoms with Crippen LogP contribution < -0.4 is 5.73 Å². The Morgan fingerprint density at radius 1 is 1.53 bits per heavy atom. The molecule has 2 rings (SSSR count). The molecule has 0 amide bonds. The lowest BCUT2D eigenvalue weighted by Gasteiger charge is -2.11. The molecule has 0 spiro atoms. The summed E-state index contributed by atoms with van der Waals surface area (Å²) in [7, 11) is 0. The van der Waals surface area contributed by atoms with E-state index in [-0.39, 0.29) is 11.9 Å². The summed E-state index contributed by atoms with van der Waals surface area (Å²) in [6.45, 7) is 1.94. The molecule has 0 aliphatic rings. The van der Waals surface area contributed by atoms with Gasteiger partial charge in [0.05, 0.1) is 5.01 Å². The Morgan fingerprint density at radius 3 is 2.94 bits per heavy atom. The van der Waals surface area contributed by atoms with E-state index in [1.807, 2.05) is 12.3 Å². The highest BCUT2D eigenvalue weighted by atomic mass is 79.9. The van der Waals surface area contributed by atoms with Crippen LogP contribution >= 0.6 is 27.3 Å². The van der Waals surface area contributed by atoms with Crippen LogP contribution in [0.1, 0.15) is 22.3 Å². The number of halogens is 2. The van der Waals surface area contributed by atoms with Crippen LogP contribution in [0.5, 0.6) is 0 Å². The first-order chi connectivity index (χ1) is 8.06. The van der Waals surface area contributed by atoms with Gasteiger partial charge in [0, 0.05) is 33.6 Å². The smallest absolute Gasteiger partial charge is 0.128 e. The Labute approximate surface area is 112 Å². The van der Waals surface area contributed by atoms with E-state index in [1.165, 1.54) is 6.07 Å². The fourth-order valence-corrected chi connectivity index (χ4v) is 2.80. The molecule has 0 radical (unpaired) electrons. The van der Waals surface area contributed by atoms with E-state index in [9.17, 15) is 4.39 Å². The van der Waals surface area contributed by atoms with Crippen molar-refractivity contribution in [2.24, 2.45) is 5.73 Å². The Morgan fingerprint density at radius 2 is 2.29 bits per heavy atom. The average Bonchev–Trinajstić information content (AvgIpc) is 2.67. The number of hydrogen-bond acceptors (Lipinski definition) is 3. The first-order valence-electron chi connectivity index (χ1n) is 5.18. The van der Waals surface area contributed by atoms with Crippen LogP contribution in [0.15, 0.2) is 28.1 Å². The first kappa shape index (κ1) is 12.7. The summed E-state index contributed by atoms with van der Waals surface area (Å²) < 4.78 is 14.4. The standard InChI is InChI=1S/C12H12BrFN2S/c1-7-6-17-12(16-7)5-11(15)9-4-8(13)2-3-10(9)14/h2-4,6,11H,5,15H2,1H3. The van der Waals surface area contributed by atoms with Crippen LogP contribution in [0.25, 0.3) is 0 Å². The van der Waals surface area contributed by atoms with E-state index in [0.717, 1.165) is 15.2 Å². The fourth-order valence-electron chi connectivity index (χ4n) is 1.59. The summed E-state index contributed by atoms with van der Waals surface area (Å²) in [6, 6.07) is 4.45. The molecular formula is C12H12BrFN2S. The van der Waals surface area contributed by atoms with E-state index in [4.69, 9.17) is 5.73 Å². The SMILES string of the molecule is Cc1csc(CC(N)c2cc(Br)ccc2F)n1. The maximum absolute atomic E-state index is 13.6. The number of aromatic nitrogens is 1. The van der Waals surface area contributed by atoms with Gasteiger partial charge in [-0.25, -0.2) is 9.37 Å². The van der Waals surface area contributed by atoms with Crippen LogP contribution in [0.3, 0.4) is 0 Å². The summed E-state index contributed by atoms with van der Waals surface area (Å²) in [6.07, 6.45) is 0.561. The predicted molar refractivity (Wildman–Crippen MR) is 71.6 cm³/mol. The quantitative estimate of drug-likeness (QED) is 0.940. The summed E-state index contributed by atoms with van der Waals surface area (Å²) in [5.74, 6) is -0.269. The molecule has 90 valence electrons. The average molecular weight is 315 g/mol. The number of hydrogen-bond donors (Lipinski definition) is 1. The Kier molecular flexibility index (Phi) is 3.91. The molecule has 0 aliphatic carbocycles. The van der Waals surface area contributed by atoms with Crippen molar-refractivity contribution in [1.82, 2.24) is 4.98 Å². The van der Waals surface area contributed by atoms with E-state index < -0.39 is 0 Å². The molecule has 1 atom stereocenters. The van der Waals surface area contributed by atoms with Gasteiger partial charge in [-0.1, -0.05) is 15.9 Å². The molecule has 2 N–H and O–H groups in total. The Balaban J connectivity index is 2.19. The third kappa shape index (κ3) is 3.12. The maximum atomic E-state index is 13.6. The summed E-state index contributed by atoms with van der Waals surface area (Å²) in [5, 5.41) is 2.91. The molecule has 2 nitrogen and oxygen atoms in total. The lowest BCUT2D eigenvalue weighted by Crippen LogP contribution is -2.15. The minimum Gasteiger partial charge on any atom is -0.324 e. The predicted octanol–water partition coefficient (Wildman–Crippen LogP) is 3.60. The number of nitrogens with two attached hydrogens (primary N) is 1. The van der Waals surface area contributed by atoms with Crippen molar-refractivity contribution in [2.45, 2.75) is 19.4 Å². The van der Waals surface area contributed by atoms with Crippen LogP contribution in [-0.4, -0.2) is 4.98 Å². The molecule has 5 heteroatoms. The topological polar surface area (TPSA) is 38.9 Å². The zero-order valence-electron chi connectivity index (χ0n) is 9.28. The van der Waals surface area contributed by atoms with Gasteiger partial charge in [-0.3, -0.25) is 0 Å². The second-order valence-corrected chi connectivity index (χ2v) is 5.72. The number of benzene rings is 1. The minimum atomic E-state index is -0.363. The molecule has 0 saturated carbocycles. The highest BCUT2D eigenvalue weighted by Crippen LogP contribution is 2.24. The van der Waals surface area contributed by atoms with Gasteiger partial charge >= 0.3 is 0 Å². The summed E-state index contributed by atoms with van der Waals surface area (Å²) >= 11 is 4.88. The van der Waals surface area contributed by atoms with Crippen molar-refractivity contribution in [3.8, 4) is 0 Å². The highest BCUT2D eigenvalue weighted by Gasteiger charge is 2.14. The van der Waals surface area contributed by atoms with Gasteiger partial charge in [0.15, 0.2) is 0 Å². The molecule has 1 heterocycles. The highest BCUT2D eigenvalue weighted by molar-refractivity contribution is 9.10. The van der Waals surface area contributed by atoms with Crippen LogP contribution in [0, 0.1) is 12.7 Å². The van der Waals surface area contributed by atoms with E-state index in [2.05, 4.69) is 20.9 Å². The van der Waals surface area contributed by atoms with Gasteiger partial charge in [-0.05, 0) is 25.1 Å². The largest absolute Gasteiger partial charge is 0.324 e. The third-order valence-electron chi connectivity index (χ3n) is 2.42. The zero-order valence-corrected chi connectivity index (χ0v) is 11.7. The lowest BCUT2D eigenvalue weighted by atomic mass is 10.0. The molecule has 0 bridgehead atoms. The lowest BCUT2D eigenvalue weighted by molar-refractivity contribution is 0.579. The van der Waals surface area contributed by atoms with Crippen molar-refractivity contribution in [1.29, 1.82) is 0 Å². The van der Waals surface area contributed by atoms with Crippen molar-refractivity contribution in [3.05, 3.63) is 50.1 Å². The molecule has 0 saturated heterocycles. The van der Waals surface area contributed by atoms with E-state index in [0.29, 0.717) is 12.0 Å². The maximum Gasteiger partial charge on any atom is 0.128 e. The first-order valence-corrected chi connectivity index (χ1v) is 6.85. The molecule has 1 aromatic carbocycles. The van der Waals surface area contributed by atoms with E-state index in [1.54, 1.807) is 23.5 Å². The van der Waals surface area contributed by atoms with Crippen molar-refractivity contribution < 1.29 is 4.39 Å². The zero-order chi connectivity index (χ0) is 12.4. The van der Waals surface area contributed by atoms with Gasteiger partial charge in [-0.15, -0.1) is 11.3 Å². The van der Waals surface area contributed by atoms with Gasteiger partial charge in [-0.2, -0.15) is 0 Å². The monoisotopic (exact) mass is 314 g/mol. The minimum absolute atomic E-state index is 0.269. The normalized spacial score (nSPS) is 12.7. The molecule has 2 aromatic rings. The second-order valence-electron chi connectivity index (χ2n) is 3.86. The van der Waals surface area contributed by atoms with Crippen LogP contribution in [0.4, 0.5) is 4.39 Å². The molecule has 17 heavy (non-hydrogen) atoms. The van der Waals surface area contributed by atoms with Crippen LogP contribution in [-0.2, 0) is 6.42 Å². The van der Waals surface area contributed by atoms with Crippen molar-refractivity contribution >= 4 is 27.3 Å². The number of rotatable bonds is 3. The number of thiazole rings is 1. The van der Waals surface area contributed by atoms with Gasteiger partial charge in [0.25, 0.3) is 0 Å². The van der Waals surface area contributed by atoms with Crippen molar-refractivity contribution in [3.63, 3.8) is 0 Å². The fraction of sp³-hybridized carbons (Fsp3) is 0.250. The molecule has 1 aromatic heterocycles.